The predicted molar refractivity (Wildman–Crippen MR) is 107 cm³/mol. The molecule has 142 valence electrons. The molecule has 2 amide bonds. The van der Waals surface area contributed by atoms with Gasteiger partial charge in [0.25, 0.3) is 11.8 Å². The third-order valence-electron chi connectivity index (χ3n) is 4.26. The van der Waals surface area contributed by atoms with Crippen LogP contribution in [0.25, 0.3) is 5.69 Å². The molecule has 0 bridgehead atoms. The van der Waals surface area contributed by atoms with Crippen LogP contribution in [0.3, 0.4) is 0 Å². The average Bonchev–Trinajstić information content (AvgIpc) is 3.04. The summed E-state index contributed by atoms with van der Waals surface area (Å²) in [6.07, 6.45) is 1.48. The third kappa shape index (κ3) is 3.42. The second-order valence-corrected chi connectivity index (χ2v) is 7.00. The summed E-state index contributed by atoms with van der Waals surface area (Å²) in [6, 6.07) is 10.3. The highest BCUT2D eigenvalue weighted by molar-refractivity contribution is 6.34. The Morgan fingerprint density at radius 2 is 2.11 bits per heavy atom. The zero-order valence-corrected chi connectivity index (χ0v) is 16.1. The lowest BCUT2D eigenvalue weighted by Gasteiger charge is -2.19. The van der Waals surface area contributed by atoms with Crippen LogP contribution in [0.15, 0.2) is 42.6 Å². The van der Waals surface area contributed by atoms with Crippen LogP contribution >= 0.6 is 23.2 Å². The number of ether oxygens (including phenoxy) is 1. The summed E-state index contributed by atoms with van der Waals surface area (Å²) in [4.78, 5) is 24.2. The topological polar surface area (TPSA) is 85.2 Å². The molecule has 0 spiro atoms. The molecule has 2 N–H and O–H groups in total. The predicted octanol–water partition coefficient (Wildman–Crippen LogP) is 4.07. The molecular formula is C19H14Cl2N4O3. The maximum absolute atomic E-state index is 12.8. The van der Waals surface area contributed by atoms with Crippen molar-refractivity contribution in [1.82, 2.24) is 9.78 Å². The molecule has 2 heterocycles. The van der Waals surface area contributed by atoms with Crippen molar-refractivity contribution in [3.05, 3.63) is 63.9 Å². The summed E-state index contributed by atoms with van der Waals surface area (Å²) in [6.45, 7) is 1.70. The van der Waals surface area contributed by atoms with Crippen LogP contribution in [0, 0.1) is 6.92 Å². The van der Waals surface area contributed by atoms with Crippen molar-refractivity contribution in [3.63, 3.8) is 0 Å². The first-order chi connectivity index (χ1) is 13.4. The number of benzene rings is 2. The summed E-state index contributed by atoms with van der Waals surface area (Å²) >= 11 is 12.3. The Kier molecular flexibility index (Phi) is 4.70. The first-order valence-corrected chi connectivity index (χ1v) is 9.06. The molecule has 0 saturated carbocycles. The number of hydrogen-bond acceptors (Lipinski definition) is 4. The van der Waals surface area contributed by atoms with Gasteiger partial charge in [0, 0.05) is 11.1 Å². The monoisotopic (exact) mass is 416 g/mol. The lowest BCUT2D eigenvalue weighted by atomic mass is 10.2. The Labute approximate surface area is 170 Å². The van der Waals surface area contributed by atoms with E-state index in [9.17, 15) is 9.59 Å². The zero-order valence-electron chi connectivity index (χ0n) is 14.6. The van der Waals surface area contributed by atoms with E-state index in [1.807, 2.05) is 12.1 Å². The second-order valence-electron chi connectivity index (χ2n) is 6.15. The molecule has 0 fully saturated rings. The van der Waals surface area contributed by atoms with Crippen LogP contribution in [-0.2, 0) is 4.79 Å². The number of amides is 2. The molecule has 0 radical (unpaired) electrons. The second kappa shape index (κ2) is 7.18. The molecule has 9 heteroatoms. The van der Waals surface area contributed by atoms with Crippen LogP contribution < -0.4 is 15.4 Å². The highest BCUT2D eigenvalue weighted by Crippen LogP contribution is 2.36. The quantitative estimate of drug-likeness (QED) is 0.673. The van der Waals surface area contributed by atoms with Crippen molar-refractivity contribution in [2.45, 2.75) is 6.92 Å². The van der Waals surface area contributed by atoms with E-state index in [0.29, 0.717) is 33.4 Å². The fourth-order valence-corrected chi connectivity index (χ4v) is 3.28. The summed E-state index contributed by atoms with van der Waals surface area (Å²) < 4.78 is 7.00. The van der Waals surface area contributed by atoms with Crippen LogP contribution in [-0.4, -0.2) is 28.2 Å². The zero-order chi connectivity index (χ0) is 19.8. The van der Waals surface area contributed by atoms with Gasteiger partial charge in [-0.1, -0.05) is 29.3 Å². The number of nitrogens with one attached hydrogen (secondary N) is 2. The Balaban J connectivity index is 1.61. The molecule has 1 aliphatic heterocycles. The van der Waals surface area contributed by atoms with E-state index >= 15 is 0 Å². The molecule has 2 aromatic carbocycles. The van der Waals surface area contributed by atoms with Crippen molar-refractivity contribution in [3.8, 4) is 11.4 Å². The van der Waals surface area contributed by atoms with Crippen LogP contribution in [0.4, 0.5) is 11.4 Å². The van der Waals surface area contributed by atoms with Gasteiger partial charge < -0.3 is 15.4 Å². The molecule has 28 heavy (non-hydrogen) atoms. The van der Waals surface area contributed by atoms with Gasteiger partial charge in [0.15, 0.2) is 6.61 Å². The highest BCUT2D eigenvalue weighted by atomic mass is 35.5. The number of fused-ring (bicyclic) bond motifs is 1. The smallest absolute Gasteiger partial charge is 0.262 e. The number of nitrogens with zero attached hydrogens (tertiary/aromatic N) is 2. The normalized spacial score (nSPS) is 12.8. The largest absolute Gasteiger partial charge is 0.482 e. The lowest BCUT2D eigenvalue weighted by Crippen LogP contribution is -2.25. The molecular weight excluding hydrogens is 403 g/mol. The van der Waals surface area contributed by atoms with Gasteiger partial charge in [0.1, 0.15) is 5.75 Å². The van der Waals surface area contributed by atoms with Gasteiger partial charge in [0.2, 0.25) is 0 Å². The minimum Gasteiger partial charge on any atom is -0.482 e. The van der Waals surface area contributed by atoms with Crippen molar-refractivity contribution in [2.24, 2.45) is 0 Å². The summed E-state index contributed by atoms with van der Waals surface area (Å²) in [7, 11) is 0. The van der Waals surface area contributed by atoms with Crippen LogP contribution in [0.5, 0.6) is 5.75 Å². The van der Waals surface area contributed by atoms with Crippen molar-refractivity contribution in [2.75, 3.05) is 17.2 Å². The summed E-state index contributed by atoms with van der Waals surface area (Å²) in [5, 5.41) is 10.6. The Morgan fingerprint density at radius 1 is 1.29 bits per heavy atom. The average molecular weight is 417 g/mol. The molecule has 3 aromatic rings. The fraction of sp³-hybridized carbons (Fsp3) is 0.105. The lowest BCUT2D eigenvalue weighted by molar-refractivity contribution is -0.118. The highest BCUT2D eigenvalue weighted by Gasteiger charge is 2.21. The number of halogens is 2. The van der Waals surface area contributed by atoms with Gasteiger partial charge in [-0.3, -0.25) is 9.59 Å². The maximum Gasteiger partial charge on any atom is 0.262 e. The molecule has 1 aliphatic rings. The number of anilines is 2. The number of hydrogen-bond donors (Lipinski definition) is 2. The number of carbonyl (C=O) groups excluding carboxylic acids is 2. The minimum absolute atomic E-state index is 0.0897. The van der Waals surface area contributed by atoms with Gasteiger partial charge in [-0.05, 0) is 31.2 Å². The molecule has 4 rings (SSSR count). The third-order valence-corrected chi connectivity index (χ3v) is 4.81. The maximum atomic E-state index is 12.8. The van der Waals surface area contributed by atoms with E-state index in [-0.39, 0.29) is 23.4 Å². The SMILES string of the molecule is Cc1c(C(=O)Nc2cc3c(cc2Cl)NC(=O)CO3)cnn1-c1cccc(Cl)c1. The standard InChI is InChI=1S/C19H14Cl2N4O3/c1-10-13(8-22-25(10)12-4-2-3-11(20)5-12)19(27)24-15-7-17-16(6-14(15)21)23-18(26)9-28-17/h2-8H,9H2,1H3,(H,23,26)(H,24,27). The van der Waals surface area contributed by atoms with Crippen molar-refractivity contribution < 1.29 is 14.3 Å². The van der Waals surface area contributed by atoms with Gasteiger partial charge >= 0.3 is 0 Å². The van der Waals surface area contributed by atoms with E-state index < -0.39 is 0 Å². The molecule has 7 nitrogen and oxygen atoms in total. The van der Waals surface area contributed by atoms with E-state index in [0.717, 1.165) is 5.69 Å². The molecule has 0 atom stereocenters. The van der Waals surface area contributed by atoms with Crippen LogP contribution in [0.1, 0.15) is 16.1 Å². The molecule has 0 aliphatic carbocycles. The van der Waals surface area contributed by atoms with Crippen molar-refractivity contribution >= 4 is 46.4 Å². The van der Waals surface area contributed by atoms with Gasteiger partial charge in [-0.15, -0.1) is 0 Å². The van der Waals surface area contributed by atoms with Gasteiger partial charge in [-0.2, -0.15) is 5.10 Å². The molecule has 0 unspecified atom stereocenters. The van der Waals surface area contributed by atoms with Crippen LogP contribution in [0.2, 0.25) is 10.0 Å². The number of rotatable bonds is 3. The molecule has 1 aromatic heterocycles. The first kappa shape index (κ1) is 18.3. The minimum atomic E-state index is -0.368. The fourth-order valence-electron chi connectivity index (χ4n) is 2.89. The summed E-state index contributed by atoms with van der Waals surface area (Å²) in [5.74, 6) is -0.192. The van der Waals surface area contributed by atoms with E-state index in [1.54, 1.807) is 29.8 Å². The van der Waals surface area contributed by atoms with E-state index in [1.165, 1.54) is 12.3 Å². The number of carbonyl (C=O) groups is 2. The van der Waals surface area contributed by atoms with E-state index in [4.69, 9.17) is 27.9 Å². The Hall–Kier alpha value is -3.03. The van der Waals surface area contributed by atoms with Gasteiger partial charge in [0.05, 0.1) is 39.5 Å². The van der Waals surface area contributed by atoms with E-state index in [2.05, 4.69) is 15.7 Å². The Morgan fingerprint density at radius 3 is 2.89 bits per heavy atom. The first-order valence-electron chi connectivity index (χ1n) is 8.30. The van der Waals surface area contributed by atoms with Gasteiger partial charge in [-0.25, -0.2) is 4.68 Å². The Bertz CT molecular complexity index is 1110. The summed E-state index contributed by atoms with van der Waals surface area (Å²) in [5.41, 5.74) is 2.63. The molecule has 0 saturated heterocycles. The number of aromatic nitrogens is 2. The van der Waals surface area contributed by atoms with Crippen molar-refractivity contribution in [1.29, 1.82) is 0 Å².